The minimum Gasteiger partial charge on any atom is -0.475 e. The van der Waals surface area contributed by atoms with Gasteiger partial charge in [-0.15, -0.1) is 0 Å². The number of nitrogens with zero attached hydrogens (tertiary/aromatic N) is 4. The summed E-state index contributed by atoms with van der Waals surface area (Å²) in [7, 11) is 0. The highest BCUT2D eigenvalue weighted by Crippen LogP contribution is 2.38. The van der Waals surface area contributed by atoms with Gasteiger partial charge in [-0.2, -0.15) is 0 Å². The fourth-order valence-electron chi connectivity index (χ4n) is 5.68. The van der Waals surface area contributed by atoms with E-state index >= 15 is 0 Å². The fourth-order valence-corrected chi connectivity index (χ4v) is 5.68. The Hall–Kier alpha value is -5.10. The van der Waals surface area contributed by atoms with E-state index in [0.29, 0.717) is 38.1 Å². The van der Waals surface area contributed by atoms with Gasteiger partial charge in [-0.3, -0.25) is 9.97 Å². The van der Waals surface area contributed by atoms with E-state index in [2.05, 4.69) is 70.6 Å². The fraction of sp³-hybridized carbons (Fsp3) is 0.118. The molecule has 40 heavy (non-hydrogen) atoms. The van der Waals surface area contributed by atoms with Crippen molar-refractivity contribution >= 4 is 44.1 Å². The van der Waals surface area contributed by atoms with Gasteiger partial charge in [0.2, 0.25) is 11.8 Å². The first kappa shape index (κ1) is 22.8. The summed E-state index contributed by atoms with van der Waals surface area (Å²) in [6, 6.07) is 30.0. The summed E-state index contributed by atoms with van der Waals surface area (Å²) in [5.41, 5.74) is 5.83. The van der Waals surface area contributed by atoms with Crippen LogP contribution in [0.15, 0.2) is 107 Å². The smallest absolute Gasteiger partial charge is 0.217 e. The molecule has 0 spiro atoms. The third-order valence-electron chi connectivity index (χ3n) is 7.62. The van der Waals surface area contributed by atoms with E-state index in [1.165, 1.54) is 32.3 Å². The van der Waals surface area contributed by atoms with Crippen molar-refractivity contribution in [3.05, 3.63) is 108 Å². The van der Waals surface area contributed by atoms with Crippen LogP contribution in [-0.2, 0) is 9.47 Å². The maximum atomic E-state index is 5.59. The molecule has 6 nitrogen and oxygen atoms in total. The van der Waals surface area contributed by atoms with Gasteiger partial charge in [0.1, 0.15) is 13.2 Å². The first-order chi connectivity index (χ1) is 19.8. The minimum atomic E-state index is 0.638. The Morgan fingerprint density at radius 3 is 1.30 bits per heavy atom. The van der Waals surface area contributed by atoms with E-state index in [4.69, 9.17) is 19.4 Å². The highest BCUT2D eigenvalue weighted by molar-refractivity contribution is 6.26. The highest BCUT2D eigenvalue weighted by Gasteiger charge is 2.15. The van der Waals surface area contributed by atoms with E-state index in [-0.39, 0.29) is 0 Å². The van der Waals surface area contributed by atoms with Crippen molar-refractivity contribution < 1.29 is 9.47 Å². The number of aliphatic imine (C=N–C) groups is 2. The third kappa shape index (κ3) is 3.80. The van der Waals surface area contributed by atoms with Gasteiger partial charge in [0.15, 0.2) is 0 Å². The number of pyridine rings is 2. The zero-order chi connectivity index (χ0) is 26.5. The molecule has 0 bridgehead atoms. The molecule has 0 atom stereocenters. The summed E-state index contributed by atoms with van der Waals surface area (Å²) < 4.78 is 11.2. The summed E-state index contributed by atoms with van der Waals surface area (Å²) in [5.74, 6) is 1.36. The minimum absolute atomic E-state index is 0.638. The van der Waals surface area contributed by atoms with E-state index < -0.39 is 0 Å². The lowest BCUT2D eigenvalue weighted by Gasteiger charge is -2.13. The van der Waals surface area contributed by atoms with Crippen molar-refractivity contribution in [2.75, 3.05) is 26.3 Å². The Morgan fingerprint density at radius 2 is 0.900 bits per heavy atom. The standard InChI is InChI=1S/C34H24N4O2/c1-2-4-26-25(3-1)29-17-21(31-11-7-23(19-37-31)33-35-13-15-39-33)5-9-27(29)28-10-6-22(18-30(26)28)32-12-8-24(20-38-32)34-36-14-16-40-34/h1-12,17-20H,13-16H2. The molecule has 192 valence electrons. The predicted octanol–water partition coefficient (Wildman–Crippen LogP) is 6.82. The number of hydrogen-bond acceptors (Lipinski definition) is 6. The van der Waals surface area contributed by atoms with E-state index in [1.54, 1.807) is 0 Å². The van der Waals surface area contributed by atoms with Gasteiger partial charge in [-0.1, -0.05) is 48.5 Å². The van der Waals surface area contributed by atoms with Crippen LogP contribution in [0.4, 0.5) is 0 Å². The van der Waals surface area contributed by atoms with Crippen LogP contribution in [0.5, 0.6) is 0 Å². The summed E-state index contributed by atoms with van der Waals surface area (Å²) >= 11 is 0. The molecule has 0 amide bonds. The molecule has 2 aliphatic rings. The summed E-state index contributed by atoms with van der Waals surface area (Å²) in [4.78, 5) is 18.3. The van der Waals surface area contributed by atoms with Crippen LogP contribution >= 0.6 is 0 Å². The lowest BCUT2D eigenvalue weighted by atomic mass is 9.91. The second kappa shape index (κ2) is 9.27. The van der Waals surface area contributed by atoms with Gasteiger partial charge >= 0.3 is 0 Å². The SMILES string of the molecule is c1ccc2c(c1)c1cc(-c3ccc(C4=NCCO4)cn3)ccc1c1ccc(-c3ccc(C4=NCCO4)cn3)cc21. The molecule has 0 aliphatic carbocycles. The van der Waals surface area contributed by atoms with Gasteiger partial charge in [0.25, 0.3) is 0 Å². The topological polar surface area (TPSA) is 69.0 Å². The van der Waals surface area contributed by atoms with Crippen LogP contribution in [0, 0.1) is 0 Å². The van der Waals surface area contributed by atoms with Crippen LogP contribution < -0.4 is 0 Å². The maximum Gasteiger partial charge on any atom is 0.217 e. The molecule has 0 saturated carbocycles. The lowest BCUT2D eigenvalue weighted by molar-refractivity contribution is 0.348. The normalized spacial score (nSPS) is 14.8. The quantitative estimate of drug-likeness (QED) is 0.239. The molecule has 0 unspecified atom stereocenters. The molecule has 6 aromatic rings. The maximum absolute atomic E-state index is 5.59. The molecule has 2 aliphatic heterocycles. The largest absolute Gasteiger partial charge is 0.475 e. The van der Waals surface area contributed by atoms with Crippen molar-refractivity contribution in [3.63, 3.8) is 0 Å². The molecule has 4 aromatic carbocycles. The predicted molar refractivity (Wildman–Crippen MR) is 160 cm³/mol. The van der Waals surface area contributed by atoms with Gasteiger partial charge in [-0.05, 0) is 68.7 Å². The van der Waals surface area contributed by atoms with Crippen LogP contribution in [0.1, 0.15) is 11.1 Å². The summed E-state index contributed by atoms with van der Waals surface area (Å²) in [6.07, 6.45) is 3.69. The first-order valence-electron chi connectivity index (χ1n) is 13.5. The molecule has 0 radical (unpaired) electrons. The molecule has 0 fully saturated rings. The zero-order valence-electron chi connectivity index (χ0n) is 21.7. The van der Waals surface area contributed by atoms with E-state index in [0.717, 1.165) is 33.6 Å². The van der Waals surface area contributed by atoms with Crippen LogP contribution in [0.2, 0.25) is 0 Å². The van der Waals surface area contributed by atoms with Crippen LogP contribution in [-0.4, -0.2) is 48.1 Å². The number of aromatic nitrogens is 2. The summed E-state index contributed by atoms with van der Waals surface area (Å²) in [5, 5.41) is 7.29. The molecule has 6 heteroatoms. The molecular weight excluding hydrogens is 496 g/mol. The Kier molecular flexibility index (Phi) is 5.30. The number of hydrogen-bond donors (Lipinski definition) is 0. The average molecular weight is 521 g/mol. The third-order valence-corrected chi connectivity index (χ3v) is 7.62. The molecule has 2 aromatic heterocycles. The van der Waals surface area contributed by atoms with E-state index in [1.807, 2.05) is 36.7 Å². The Morgan fingerprint density at radius 1 is 0.450 bits per heavy atom. The number of ether oxygens (including phenoxy) is 2. The van der Waals surface area contributed by atoms with Crippen molar-refractivity contribution in [2.24, 2.45) is 9.98 Å². The van der Waals surface area contributed by atoms with Gasteiger partial charge in [-0.25, -0.2) is 9.98 Å². The Bertz CT molecular complexity index is 1830. The van der Waals surface area contributed by atoms with Crippen molar-refractivity contribution in [3.8, 4) is 22.5 Å². The number of fused-ring (bicyclic) bond motifs is 6. The first-order valence-corrected chi connectivity index (χ1v) is 13.5. The van der Waals surface area contributed by atoms with E-state index in [9.17, 15) is 0 Å². The average Bonchev–Trinajstić information content (AvgIpc) is 3.77. The Balaban J connectivity index is 1.23. The van der Waals surface area contributed by atoms with Crippen molar-refractivity contribution in [2.45, 2.75) is 0 Å². The summed E-state index contributed by atoms with van der Waals surface area (Å²) in [6.45, 7) is 2.69. The molecular formula is C34H24N4O2. The monoisotopic (exact) mass is 520 g/mol. The number of benzene rings is 4. The van der Waals surface area contributed by atoms with Crippen LogP contribution in [0.3, 0.4) is 0 Å². The highest BCUT2D eigenvalue weighted by atomic mass is 16.5. The second-order valence-corrected chi connectivity index (χ2v) is 10.0. The second-order valence-electron chi connectivity index (χ2n) is 10.0. The van der Waals surface area contributed by atoms with Crippen molar-refractivity contribution in [1.29, 1.82) is 0 Å². The van der Waals surface area contributed by atoms with Gasteiger partial charge in [0, 0.05) is 23.5 Å². The van der Waals surface area contributed by atoms with Crippen molar-refractivity contribution in [1.82, 2.24) is 9.97 Å². The lowest BCUT2D eigenvalue weighted by Crippen LogP contribution is -2.01. The molecule has 0 saturated heterocycles. The van der Waals surface area contributed by atoms with Gasteiger partial charge in [0.05, 0.1) is 35.6 Å². The van der Waals surface area contributed by atoms with Crippen LogP contribution in [0.25, 0.3) is 54.8 Å². The number of rotatable bonds is 4. The Labute approximate surface area is 230 Å². The zero-order valence-corrected chi connectivity index (χ0v) is 21.7. The van der Waals surface area contributed by atoms with Gasteiger partial charge < -0.3 is 9.47 Å². The molecule has 8 rings (SSSR count). The molecule has 4 heterocycles. The molecule has 0 N–H and O–H groups in total.